The predicted octanol–water partition coefficient (Wildman–Crippen LogP) is 3.52. The van der Waals surface area contributed by atoms with Crippen molar-refractivity contribution in [2.45, 2.75) is 31.1 Å². The fraction of sp³-hybridized carbons (Fsp3) is 0.333. The summed E-state index contributed by atoms with van der Waals surface area (Å²) in [6.45, 7) is 0. The highest BCUT2D eigenvalue weighted by atomic mass is 127. The van der Waals surface area contributed by atoms with Gasteiger partial charge in [0, 0.05) is 6.20 Å². The molecular weight excluding hydrogens is 349 g/mol. The normalized spacial score (nSPS) is 17.5. The van der Waals surface area contributed by atoms with E-state index < -0.39 is 0 Å². The van der Waals surface area contributed by atoms with Crippen LogP contribution in [0.3, 0.4) is 0 Å². The fourth-order valence-electron chi connectivity index (χ4n) is 2.99. The third-order valence-corrected chi connectivity index (χ3v) is 4.81. The molecule has 2 aromatic rings. The Bertz CT molecular complexity index is 577. The Morgan fingerprint density at radius 1 is 1.11 bits per heavy atom. The number of nitrogen functional groups attached to an aromatic ring is 1. The topological polar surface area (TPSA) is 51.8 Å². The van der Waals surface area contributed by atoms with E-state index in [4.69, 9.17) is 5.73 Å². The molecule has 0 bridgehead atoms. The van der Waals surface area contributed by atoms with Crippen molar-refractivity contribution in [1.29, 1.82) is 0 Å². The van der Waals surface area contributed by atoms with Gasteiger partial charge in [-0.2, -0.15) is 0 Å². The lowest BCUT2D eigenvalue weighted by atomic mass is 9.78. The zero-order chi connectivity index (χ0) is 13.3. The summed E-state index contributed by atoms with van der Waals surface area (Å²) in [5.74, 6) is 1.47. The van der Waals surface area contributed by atoms with Gasteiger partial charge in [-0.05, 0) is 41.0 Å². The van der Waals surface area contributed by atoms with Crippen LogP contribution in [0.2, 0.25) is 0 Å². The molecule has 1 heterocycles. The summed E-state index contributed by atoms with van der Waals surface area (Å²) >= 11 is 2.17. The van der Waals surface area contributed by atoms with Crippen molar-refractivity contribution in [3.63, 3.8) is 0 Å². The summed E-state index contributed by atoms with van der Waals surface area (Å²) in [4.78, 5) is 9.13. The van der Waals surface area contributed by atoms with Crippen LogP contribution >= 0.6 is 22.6 Å². The van der Waals surface area contributed by atoms with Crippen LogP contribution in [-0.4, -0.2) is 9.97 Å². The maximum atomic E-state index is 5.97. The monoisotopic (exact) mass is 365 g/mol. The summed E-state index contributed by atoms with van der Waals surface area (Å²) in [5, 5.41) is 0. The molecule has 4 heteroatoms. The van der Waals surface area contributed by atoms with E-state index in [0.29, 0.717) is 5.82 Å². The van der Waals surface area contributed by atoms with Crippen LogP contribution in [0.15, 0.2) is 36.5 Å². The van der Waals surface area contributed by atoms with Gasteiger partial charge in [-0.1, -0.05) is 43.2 Å². The molecule has 98 valence electrons. The molecule has 1 saturated carbocycles. The first-order valence-electron chi connectivity index (χ1n) is 6.56. The number of nitrogens with two attached hydrogens (primary N) is 1. The molecule has 1 aromatic carbocycles. The first kappa shape index (κ1) is 12.8. The molecule has 0 saturated heterocycles. The van der Waals surface area contributed by atoms with E-state index in [1.165, 1.54) is 18.4 Å². The van der Waals surface area contributed by atoms with Crippen molar-refractivity contribution < 1.29 is 0 Å². The molecule has 0 atom stereocenters. The second-order valence-electron chi connectivity index (χ2n) is 5.08. The minimum Gasteiger partial charge on any atom is -0.383 e. The van der Waals surface area contributed by atoms with E-state index in [9.17, 15) is 0 Å². The van der Waals surface area contributed by atoms with Crippen molar-refractivity contribution in [3.8, 4) is 0 Å². The number of hydrogen-bond acceptors (Lipinski definition) is 3. The van der Waals surface area contributed by atoms with Crippen LogP contribution in [0.25, 0.3) is 0 Å². The molecule has 0 spiro atoms. The number of hydrogen-bond donors (Lipinski definition) is 1. The molecule has 3 nitrogen and oxygen atoms in total. The van der Waals surface area contributed by atoms with Crippen molar-refractivity contribution in [2.75, 3.05) is 5.73 Å². The molecular formula is C15H16IN3. The van der Waals surface area contributed by atoms with Crippen LogP contribution < -0.4 is 5.73 Å². The van der Waals surface area contributed by atoms with E-state index in [-0.39, 0.29) is 5.41 Å². The third-order valence-electron chi connectivity index (χ3n) is 3.98. The first-order chi connectivity index (χ1) is 9.22. The average molecular weight is 365 g/mol. The van der Waals surface area contributed by atoms with Gasteiger partial charge in [0.05, 0.1) is 8.99 Å². The van der Waals surface area contributed by atoms with Gasteiger partial charge >= 0.3 is 0 Å². The molecule has 1 aromatic heterocycles. The summed E-state index contributed by atoms with van der Waals surface area (Å²) in [6, 6.07) is 10.6. The number of benzene rings is 1. The molecule has 19 heavy (non-hydrogen) atoms. The number of aromatic nitrogens is 2. The van der Waals surface area contributed by atoms with E-state index in [1.807, 2.05) is 6.20 Å². The van der Waals surface area contributed by atoms with E-state index in [2.05, 4.69) is 62.9 Å². The molecule has 2 N–H and O–H groups in total. The van der Waals surface area contributed by atoms with Gasteiger partial charge in [0.2, 0.25) is 0 Å². The lowest BCUT2D eigenvalue weighted by Crippen LogP contribution is -2.27. The van der Waals surface area contributed by atoms with Gasteiger partial charge in [0.15, 0.2) is 0 Å². The minimum absolute atomic E-state index is 0.0419. The zero-order valence-corrected chi connectivity index (χ0v) is 12.8. The fourth-order valence-corrected chi connectivity index (χ4v) is 3.25. The van der Waals surface area contributed by atoms with Gasteiger partial charge < -0.3 is 5.73 Å². The quantitative estimate of drug-likeness (QED) is 0.829. The van der Waals surface area contributed by atoms with Gasteiger partial charge in [-0.3, -0.25) is 0 Å². The SMILES string of the molecule is Nc1nc(C2(c3ccccc3)CCCC2)ncc1I. The Morgan fingerprint density at radius 3 is 2.42 bits per heavy atom. The zero-order valence-electron chi connectivity index (χ0n) is 10.6. The van der Waals surface area contributed by atoms with Crippen LogP contribution in [-0.2, 0) is 5.41 Å². The Labute approximate surface area is 126 Å². The smallest absolute Gasteiger partial charge is 0.141 e. The maximum absolute atomic E-state index is 5.97. The summed E-state index contributed by atoms with van der Waals surface area (Å²) in [6.07, 6.45) is 6.50. The Balaban J connectivity index is 2.13. The molecule has 1 fully saturated rings. The lowest BCUT2D eigenvalue weighted by Gasteiger charge is -2.28. The summed E-state index contributed by atoms with van der Waals surface area (Å²) in [7, 11) is 0. The van der Waals surface area contributed by atoms with Crippen LogP contribution in [0, 0.1) is 3.57 Å². The lowest BCUT2D eigenvalue weighted by molar-refractivity contribution is 0.499. The van der Waals surface area contributed by atoms with E-state index in [0.717, 1.165) is 22.2 Å². The van der Waals surface area contributed by atoms with E-state index in [1.54, 1.807) is 0 Å². The number of halogens is 1. The standard InChI is InChI=1S/C15H16IN3/c16-12-10-18-14(19-13(12)17)15(8-4-5-9-15)11-6-2-1-3-7-11/h1-3,6-7,10H,4-5,8-9H2,(H2,17,18,19). The number of nitrogens with zero attached hydrogens (tertiary/aromatic N) is 2. The van der Waals surface area contributed by atoms with Crippen LogP contribution in [0.4, 0.5) is 5.82 Å². The molecule has 0 aliphatic heterocycles. The van der Waals surface area contributed by atoms with Crippen LogP contribution in [0.1, 0.15) is 37.1 Å². The Morgan fingerprint density at radius 2 is 1.79 bits per heavy atom. The Kier molecular flexibility index (Phi) is 3.43. The van der Waals surface area contributed by atoms with Gasteiger partial charge in [-0.25, -0.2) is 9.97 Å². The predicted molar refractivity (Wildman–Crippen MR) is 84.9 cm³/mol. The summed E-state index contributed by atoms with van der Waals surface area (Å²) in [5.41, 5.74) is 7.24. The Hall–Kier alpha value is -1.17. The third kappa shape index (κ3) is 2.22. The van der Waals surface area contributed by atoms with Crippen molar-refractivity contribution in [1.82, 2.24) is 9.97 Å². The van der Waals surface area contributed by atoms with Crippen molar-refractivity contribution in [2.24, 2.45) is 0 Å². The highest BCUT2D eigenvalue weighted by molar-refractivity contribution is 14.1. The van der Waals surface area contributed by atoms with Crippen molar-refractivity contribution >= 4 is 28.4 Å². The molecule has 0 radical (unpaired) electrons. The maximum Gasteiger partial charge on any atom is 0.141 e. The average Bonchev–Trinajstić information content (AvgIpc) is 2.93. The van der Waals surface area contributed by atoms with Gasteiger partial charge in [0.25, 0.3) is 0 Å². The van der Waals surface area contributed by atoms with E-state index >= 15 is 0 Å². The molecule has 0 amide bonds. The highest BCUT2D eigenvalue weighted by Crippen LogP contribution is 2.45. The van der Waals surface area contributed by atoms with Crippen LogP contribution in [0.5, 0.6) is 0 Å². The highest BCUT2D eigenvalue weighted by Gasteiger charge is 2.40. The molecule has 1 aliphatic rings. The largest absolute Gasteiger partial charge is 0.383 e. The molecule has 3 rings (SSSR count). The summed E-state index contributed by atoms with van der Waals surface area (Å²) < 4.78 is 0.919. The second-order valence-corrected chi connectivity index (χ2v) is 6.24. The number of rotatable bonds is 2. The van der Waals surface area contributed by atoms with Crippen molar-refractivity contribution in [3.05, 3.63) is 51.5 Å². The minimum atomic E-state index is -0.0419. The molecule has 0 unspecified atom stereocenters. The van der Waals surface area contributed by atoms with Gasteiger partial charge in [0.1, 0.15) is 11.6 Å². The second kappa shape index (κ2) is 5.07. The van der Waals surface area contributed by atoms with Gasteiger partial charge in [-0.15, -0.1) is 0 Å². The molecule has 1 aliphatic carbocycles. The first-order valence-corrected chi connectivity index (χ1v) is 7.64. The number of anilines is 1.